The Hall–Kier alpha value is -1.18. The first-order valence-corrected chi connectivity index (χ1v) is 6.39. The summed E-state index contributed by atoms with van der Waals surface area (Å²) < 4.78 is 0.319. The number of carbonyl (C=O) groups is 1. The van der Waals surface area contributed by atoms with Crippen molar-refractivity contribution in [2.45, 2.75) is 23.6 Å². The molecule has 0 fully saturated rings. The van der Waals surface area contributed by atoms with Crippen LogP contribution in [0.5, 0.6) is 0 Å². The second kappa shape index (κ2) is 5.07. The lowest BCUT2D eigenvalue weighted by atomic mass is 10.1. The fraction of sp³-hybridized carbons (Fsp3) is 0.444. The van der Waals surface area contributed by atoms with E-state index in [2.05, 4.69) is 20.6 Å². The van der Waals surface area contributed by atoms with Crippen molar-refractivity contribution in [1.82, 2.24) is 30.0 Å². The van der Waals surface area contributed by atoms with E-state index in [-0.39, 0.29) is 11.6 Å². The maximum atomic E-state index is 12.2. The standard InChI is InChI=1S/C9H9Cl3N6O/c1-5(2)6-7(9(10,11)12)14-16-18(6)8(19)17-4-3-13-15-17/h3-5H,1-2H3. The van der Waals surface area contributed by atoms with Crippen LogP contribution in [0.25, 0.3) is 0 Å². The van der Waals surface area contributed by atoms with Gasteiger partial charge in [0.2, 0.25) is 3.79 Å². The van der Waals surface area contributed by atoms with E-state index in [1.54, 1.807) is 0 Å². The smallest absolute Gasteiger partial charge is 0.243 e. The SMILES string of the molecule is CC(C)c1c(C(Cl)(Cl)Cl)nnn1C(=O)n1ccnn1. The van der Waals surface area contributed by atoms with Gasteiger partial charge in [-0.1, -0.05) is 59.1 Å². The van der Waals surface area contributed by atoms with Gasteiger partial charge >= 0.3 is 6.03 Å². The third-order valence-electron chi connectivity index (χ3n) is 2.32. The number of hydrogen-bond acceptors (Lipinski definition) is 5. The molecule has 2 aromatic rings. The summed E-state index contributed by atoms with van der Waals surface area (Å²) in [5.41, 5.74) is 0.543. The highest BCUT2D eigenvalue weighted by molar-refractivity contribution is 6.66. The lowest BCUT2D eigenvalue weighted by Crippen LogP contribution is -2.24. The van der Waals surface area contributed by atoms with Gasteiger partial charge in [-0.05, 0) is 5.92 Å². The zero-order chi connectivity index (χ0) is 14.2. The van der Waals surface area contributed by atoms with Crippen LogP contribution in [0.15, 0.2) is 12.4 Å². The second-order valence-corrected chi connectivity index (χ2v) is 6.30. The van der Waals surface area contributed by atoms with Crippen LogP contribution in [0.3, 0.4) is 0 Å². The summed E-state index contributed by atoms with van der Waals surface area (Å²) in [6.45, 7) is 3.67. The van der Waals surface area contributed by atoms with Crippen LogP contribution in [0.1, 0.15) is 31.2 Å². The summed E-state index contributed by atoms with van der Waals surface area (Å²) in [5.74, 6) is -0.118. The van der Waals surface area contributed by atoms with Crippen molar-refractivity contribution in [2.24, 2.45) is 0 Å². The molecular weight excluding hydrogens is 314 g/mol. The van der Waals surface area contributed by atoms with Crippen molar-refractivity contribution in [3.05, 3.63) is 23.8 Å². The molecule has 0 spiro atoms. The van der Waals surface area contributed by atoms with Gasteiger partial charge in [-0.15, -0.1) is 10.2 Å². The lowest BCUT2D eigenvalue weighted by molar-refractivity contribution is 0.236. The number of carbonyl (C=O) groups excluding carboxylic acids is 1. The van der Waals surface area contributed by atoms with Crippen molar-refractivity contribution in [3.63, 3.8) is 0 Å². The minimum absolute atomic E-state index is 0.118. The Bertz CT molecular complexity index is 586. The van der Waals surface area contributed by atoms with Gasteiger partial charge in [-0.25, -0.2) is 4.79 Å². The summed E-state index contributed by atoms with van der Waals surface area (Å²) in [6, 6.07) is -0.547. The normalized spacial score (nSPS) is 12.1. The zero-order valence-electron chi connectivity index (χ0n) is 9.96. The summed E-state index contributed by atoms with van der Waals surface area (Å²) in [7, 11) is 0. The van der Waals surface area contributed by atoms with Crippen LogP contribution in [0.4, 0.5) is 4.79 Å². The molecule has 7 nitrogen and oxygen atoms in total. The van der Waals surface area contributed by atoms with E-state index in [0.717, 1.165) is 9.36 Å². The van der Waals surface area contributed by atoms with Gasteiger partial charge in [0.25, 0.3) is 0 Å². The van der Waals surface area contributed by atoms with Gasteiger partial charge in [0, 0.05) is 0 Å². The molecule has 0 aliphatic carbocycles. The van der Waals surface area contributed by atoms with E-state index >= 15 is 0 Å². The number of halogens is 3. The van der Waals surface area contributed by atoms with Crippen molar-refractivity contribution in [1.29, 1.82) is 0 Å². The highest BCUT2D eigenvalue weighted by atomic mass is 35.6. The third kappa shape index (κ3) is 2.72. The Labute approximate surface area is 123 Å². The maximum Gasteiger partial charge on any atom is 0.372 e. The van der Waals surface area contributed by atoms with Crippen LogP contribution in [0, 0.1) is 0 Å². The van der Waals surface area contributed by atoms with E-state index in [1.807, 2.05) is 13.8 Å². The van der Waals surface area contributed by atoms with Gasteiger partial charge < -0.3 is 0 Å². The molecular formula is C9H9Cl3N6O. The highest BCUT2D eigenvalue weighted by Gasteiger charge is 2.34. The summed E-state index contributed by atoms with van der Waals surface area (Å²) in [5, 5.41) is 14.7. The molecule has 0 aliphatic heterocycles. The molecule has 0 atom stereocenters. The Kier molecular flexibility index (Phi) is 3.80. The predicted octanol–water partition coefficient (Wildman–Crippen LogP) is 2.34. The van der Waals surface area contributed by atoms with Crippen LogP contribution >= 0.6 is 34.8 Å². The first-order valence-electron chi connectivity index (χ1n) is 5.26. The minimum atomic E-state index is -1.75. The first kappa shape index (κ1) is 14.2. The Morgan fingerprint density at radius 3 is 2.47 bits per heavy atom. The first-order chi connectivity index (χ1) is 8.82. The Morgan fingerprint density at radius 1 is 1.32 bits per heavy atom. The maximum absolute atomic E-state index is 12.2. The molecule has 0 aromatic carbocycles. The third-order valence-corrected chi connectivity index (χ3v) is 2.86. The largest absolute Gasteiger partial charge is 0.372 e. The molecule has 2 heterocycles. The van der Waals surface area contributed by atoms with Crippen LogP contribution in [-0.2, 0) is 3.79 Å². The lowest BCUT2D eigenvalue weighted by Gasteiger charge is -2.13. The molecule has 102 valence electrons. The number of aromatic nitrogens is 6. The molecule has 0 unspecified atom stereocenters. The van der Waals surface area contributed by atoms with Crippen LogP contribution in [-0.4, -0.2) is 36.0 Å². The van der Waals surface area contributed by atoms with Gasteiger partial charge in [0.1, 0.15) is 5.69 Å². The average Bonchev–Trinajstić information content (AvgIpc) is 2.96. The summed E-state index contributed by atoms with van der Waals surface area (Å²) in [6.07, 6.45) is 2.77. The molecule has 0 saturated carbocycles. The quantitative estimate of drug-likeness (QED) is 0.753. The van der Waals surface area contributed by atoms with Crippen molar-refractivity contribution in [2.75, 3.05) is 0 Å². The number of nitrogens with zero attached hydrogens (tertiary/aromatic N) is 6. The van der Waals surface area contributed by atoms with Crippen molar-refractivity contribution in [3.8, 4) is 0 Å². The van der Waals surface area contributed by atoms with E-state index in [4.69, 9.17) is 34.8 Å². The molecule has 0 bridgehead atoms. The molecule has 0 N–H and O–H groups in total. The monoisotopic (exact) mass is 322 g/mol. The van der Waals surface area contributed by atoms with Gasteiger partial charge in [-0.3, -0.25) is 0 Å². The topological polar surface area (TPSA) is 78.5 Å². The number of alkyl halides is 3. The van der Waals surface area contributed by atoms with E-state index < -0.39 is 9.82 Å². The van der Waals surface area contributed by atoms with Gasteiger partial charge in [0.05, 0.1) is 18.1 Å². The molecule has 19 heavy (non-hydrogen) atoms. The van der Waals surface area contributed by atoms with Crippen molar-refractivity contribution >= 4 is 40.8 Å². The Morgan fingerprint density at radius 2 is 2.00 bits per heavy atom. The van der Waals surface area contributed by atoms with E-state index in [0.29, 0.717) is 5.69 Å². The summed E-state index contributed by atoms with van der Waals surface area (Å²) in [4.78, 5) is 12.2. The van der Waals surface area contributed by atoms with E-state index in [1.165, 1.54) is 12.4 Å². The molecule has 0 saturated heterocycles. The average molecular weight is 324 g/mol. The molecule has 2 aromatic heterocycles. The molecule has 10 heteroatoms. The molecule has 0 amide bonds. The fourth-order valence-electron chi connectivity index (χ4n) is 1.56. The highest BCUT2D eigenvalue weighted by Crippen LogP contribution is 2.40. The summed E-state index contributed by atoms with van der Waals surface area (Å²) >= 11 is 17.5. The Balaban J connectivity index is 2.53. The predicted molar refractivity (Wildman–Crippen MR) is 69.6 cm³/mol. The number of hydrogen-bond donors (Lipinski definition) is 0. The molecule has 2 rings (SSSR count). The van der Waals surface area contributed by atoms with Crippen molar-refractivity contribution < 1.29 is 4.79 Å². The van der Waals surface area contributed by atoms with Gasteiger partial charge in [0.15, 0.2) is 0 Å². The van der Waals surface area contributed by atoms with Crippen LogP contribution < -0.4 is 0 Å². The second-order valence-electron chi connectivity index (χ2n) is 4.02. The zero-order valence-corrected chi connectivity index (χ0v) is 12.2. The van der Waals surface area contributed by atoms with Crippen LogP contribution in [0.2, 0.25) is 0 Å². The fourth-order valence-corrected chi connectivity index (χ4v) is 1.96. The molecule has 0 aliphatic rings. The van der Waals surface area contributed by atoms with E-state index in [9.17, 15) is 4.79 Å². The minimum Gasteiger partial charge on any atom is -0.243 e. The number of rotatable bonds is 1. The molecule has 0 radical (unpaired) electrons. The van der Waals surface area contributed by atoms with Gasteiger partial charge in [-0.2, -0.15) is 9.36 Å².